The monoisotopic (exact) mass is 205 g/mol. The van der Waals surface area contributed by atoms with Gasteiger partial charge in [0.15, 0.2) is 0 Å². The minimum Gasteiger partial charge on any atom is -0.317 e. The van der Waals surface area contributed by atoms with Crippen LogP contribution in [0.5, 0.6) is 0 Å². The summed E-state index contributed by atoms with van der Waals surface area (Å²) in [4.78, 5) is 0. The molecule has 0 aliphatic heterocycles. The molecule has 3 aliphatic carbocycles. The molecule has 2 bridgehead atoms. The molecule has 5 unspecified atom stereocenters. The minimum absolute atomic E-state index is 0.779. The molecule has 5 atom stereocenters. The zero-order chi connectivity index (χ0) is 10.4. The summed E-state index contributed by atoms with van der Waals surface area (Å²) in [7, 11) is 2.14. The highest BCUT2D eigenvalue weighted by molar-refractivity contribution is 5.15. The lowest BCUT2D eigenvalue weighted by molar-refractivity contribution is 0.365. The van der Waals surface area contributed by atoms with E-state index in [1.807, 2.05) is 0 Å². The summed E-state index contributed by atoms with van der Waals surface area (Å²) in [6, 6.07) is 0.779. The van der Waals surface area contributed by atoms with Crippen LogP contribution >= 0.6 is 0 Å². The van der Waals surface area contributed by atoms with Crippen molar-refractivity contribution < 1.29 is 0 Å². The molecule has 84 valence electrons. The number of hydrogen-bond donors (Lipinski definition) is 1. The van der Waals surface area contributed by atoms with Gasteiger partial charge >= 0.3 is 0 Å². The van der Waals surface area contributed by atoms with Gasteiger partial charge in [0.2, 0.25) is 0 Å². The summed E-state index contributed by atoms with van der Waals surface area (Å²) in [5, 5.41) is 3.55. The zero-order valence-electron chi connectivity index (χ0n) is 9.78. The molecule has 3 rings (SSSR count). The van der Waals surface area contributed by atoms with Crippen LogP contribution in [0.25, 0.3) is 0 Å². The van der Waals surface area contributed by atoms with Crippen molar-refractivity contribution in [3.8, 4) is 0 Å². The van der Waals surface area contributed by atoms with Crippen LogP contribution in [0.15, 0.2) is 12.7 Å². The first-order chi connectivity index (χ1) is 7.36. The van der Waals surface area contributed by atoms with Gasteiger partial charge in [0, 0.05) is 6.04 Å². The first kappa shape index (κ1) is 9.89. The Balaban J connectivity index is 1.62. The van der Waals surface area contributed by atoms with Crippen LogP contribution in [-0.2, 0) is 0 Å². The van der Waals surface area contributed by atoms with Crippen LogP contribution < -0.4 is 5.32 Å². The molecule has 0 aromatic heterocycles. The maximum atomic E-state index is 3.83. The van der Waals surface area contributed by atoms with E-state index in [1.165, 1.54) is 12.8 Å². The van der Waals surface area contributed by atoms with Crippen LogP contribution in [-0.4, -0.2) is 13.1 Å². The molecule has 1 N–H and O–H groups in total. The summed E-state index contributed by atoms with van der Waals surface area (Å²) in [6.45, 7) is 3.83. The van der Waals surface area contributed by atoms with Crippen molar-refractivity contribution in [2.75, 3.05) is 7.05 Å². The van der Waals surface area contributed by atoms with Gasteiger partial charge in [0.25, 0.3) is 0 Å². The van der Waals surface area contributed by atoms with Gasteiger partial charge in [-0.1, -0.05) is 6.08 Å². The lowest BCUT2D eigenvalue weighted by Crippen LogP contribution is -2.30. The number of allylic oxidation sites excluding steroid dienone is 1. The van der Waals surface area contributed by atoms with Gasteiger partial charge in [-0.15, -0.1) is 6.58 Å². The van der Waals surface area contributed by atoms with Gasteiger partial charge in [-0.25, -0.2) is 0 Å². The second-order valence-corrected chi connectivity index (χ2v) is 5.83. The minimum atomic E-state index is 0.779. The predicted molar refractivity (Wildman–Crippen MR) is 63.6 cm³/mol. The molecule has 3 saturated carbocycles. The van der Waals surface area contributed by atoms with Gasteiger partial charge in [-0.3, -0.25) is 0 Å². The molecule has 3 fully saturated rings. The smallest absolute Gasteiger partial charge is 0.0101 e. The van der Waals surface area contributed by atoms with Crippen LogP contribution in [0.1, 0.15) is 32.1 Å². The number of hydrogen-bond acceptors (Lipinski definition) is 1. The lowest BCUT2D eigenvalue weighted by Gasteiger charge is -2.19. The molecule has 0 saturated heterocycles. The normalized spacial score (nSPS) is 47.7. The largest absolute Gasteiger partial charge is 0.317 e. The maximum absolute atomic E-state index is 3.83. The van der Waals surface area contributed by atoms with E-state index in [0.717, 1.165) is 35.6 Å². The first-order valence-electron chi connectivity index (χ1n) is 6.65. The maximum Gasteiger partial charge on any atom is 0.0101 e. The van der Waals surface area contributed by atoms with Crippen molar-refractivity contribution in [1.82, 2.24) is 5.32 Å². The number of fused-ring (bicyclic) bond motifs is 5. The summed E-state index contributed by atoms with van der Waals surface area (Å²) in [5.74, 6) is 5.49. The lowest BCUT2D eigenvalue weighted by atomic mass is 9.95. The van der Waals surface area contributed by atoms with Crippen molar-refractivity contribution >= 4 is 0 Å². The summed E-state index contributed by atoms with van der Waals surface area (Å²) >= 11 is 0. The van der Waals surface area contributed by atoms with Crippen molar-refractivity contribution in [3.05, 3.63) is 12.7 Å². The molecule has 15 heavy (non-hydrogen) atoms. The third kappa shape index (κ3) is 1.39. The fourth-order valence-electron chi connectivity index (χ4n) is 4.76. The van der Waals surface area contributed by atoms with Crippen LogP contribution in [0.2, 0.25) is 0 Å². The molecule has 3 aliphatic rings. The van der Waals surface area contributed by atoms with E-state index in [4.69, 9.17) is 0 Å². The number of nitrogens with one attached hydrogen (secondary N) is 1. The van der Waals surface area contributed by atoms with Gasteiger partial charge in [-0.2, -0.15) is 0 Å². The highest BCUT2D eigenvalue weighted by Gasteiger charge is 2.66. The molecular formula is C14H23N. The topological polar surface area (TPSA) is 12.0 Å². The van der Waals surface area contributed by atoms with E-state index in [1.54, 1.807) is 19.3 Å². The molecule has 0 spiro atoms. The van der Waals surface area contributed by atoms with Crippen molar-refractivity contribution in [2.45, 2.75) is 38.1 Å². The highest BCUT2D eigenvalue weighted by Crippen LogP contribution is 2.70. The van der Waals surface area contributed by atoms with Gasteiger partial charge < -0.3 is 5.32 Å². The molecule has 0 radical (unpaired) electrons. The van der Waals surface area contributed by atoms with E-state index in [2.05, 4.69) is 25.0 Å². The second-order valence-electron chi connectivity index (χ2n) is 5.83. The fourth-order valence-corrected chi connectivity index (χ4v) is 4.76. The standard InChI is InChI=1S/C14H23N/c1-3-4-5-11(15-2)14-12-9-6-7-10(8-9)13(12)14/h3,9-15H,1,4-8H2,2H3. The van der Waals surface area contributed by atoms with Crippen molar-refractivity contribution in [2.24, 2.45) is 29.6 Å². The van der Waals surface area contributed by atoms with E-state index >= 15 is 0 Å². The average Bonchev–Trinajstić information content (AvgIpc) is 2.70. The quantitative estimate of drug-likeness (QED) is 0.681. The van der Waals surface area contributed by atoms with Crippen LogP contribution in [0, 0.1) is 29.6 Å². The summed E-state index contributed by atoms with van der Waals surface area (Å²) in [5.41, 5.74) is 0. The van der Waals surface area contributed by atoms with Gasteiger partial charge in [-0.05, 0) is 68.7 Å². The van der Waals surface area contributed by atoms with Gasteiger partial charge in [0.1, 0.15) is 0 Å². The molecule has 1 nitrogen and oxygen atoms in total. The second kappa shape index (κ2) is 3.62. The average molecular weight is 205 g/mol. The van der Waals surface area contributed by atoms with Crippen molar-refractivity contribution in [1.29, 1.82) is 0 Å². The highest BCUT2D eigenvalue weighted by atomic mass is 14.9. The van der Waals surface area contributed by atoms with E-state index in [0.29, 0.717) is 0 Å². The Labute approximate surface area is 93.3 Å². The van der Waals surface area contributed by atoms with Crippen LogP contribution in [0.3, 0.4) is 0 Å². The predicted octanol–water partition coefficient (Wildman–Crippen LogP) is 2.83. The Bertz CT molecular complexity index is 244. The molecule has 0 heterocycles. The first-order valence-corrected chi connectivity index (χ1v) is 6.65. The van der Waals surface area contributed by atoms with E-state index in [-0.39, 0.29) is 0 Å². The third-order valence-electron chi connectivity index (χ3n) is 5.31. The van der Waals surface area contributed by atoms with Crippen LogP contribution in [0.4, 0.5) is 0 Å². The Morgan fingerprint density at radius 1 is 1.33 bits per heavy atom. The third-order valence-corrected chi connectivity index (χ3v) is 5.31. The Hall–Kier alpha value is -0.300. The molecule has 0 amide bonds. The Morgan fingerprint density at radius 2 is 2.00 bits per heavy atom. The Morgan fingerprint density at radius 3 is 2.53 bits per heavy atom. The van der Waals surface area contributed by atoms with E-state index in [9.17, 15) is 0 Å². The van der Waals surface area contributed by atoms with Crippen molar-refractivity contribution in [3.63, 3.8) is 0 Å². The SMILES string of the molecule is C=CCCC(NC)C1C2C3CCC(C3)C21. The fraction of sp³-hybridized carbons (Fsp3) is 0.857. The number of rotatable bonds is 5. The zero-order valence-corrected chi connectivity index (χ0v) is 9.78. The van der Waals surface area contributed by atoms with E-state index < -0.39 is 0 Å². The van der Waals surface area contributed by atoms with Gasteiger partial charge in [0.05, 0.1) is 0 Å². The molecular weight excluding hydrogens is 182 g/mol. The Kier molecular flexibility index (Phi) is 2.39. The summed E-state index contributed by atoms with van der Waals surface area (Å²) in [6.07, 6.45) is 9.20. The molecule has 1 heteroatoms. The molecule has 0 aromatic rings. The summed E-state index contributed by atoms with van der Waals surface area (Å²) < 4.78 is 0. The molecule has 0 aromatic carbocycles.